The molecular weight excluding hydrogens is 217 g/mol. The molecule has 2 N–H and O–H groups in total. The van der Waals surface area contributed by atoms with Gasteiger partial charge in [0.1, 0.15) is 6.66 Å². The van der Waals surface area contributed by atoms with E-state index in [1.165, 1.54) is 0 Å². The van der Waals surface area contributed by atoms with E-state index in [0.717, 1.165) is 0 Å². The molecule has 6 heteroatoms. The van der Waals surface area contributed by atoms with Gasteiger partial charge in [0.15, 0.2) is 0 Å². The molecule has 0 aromatic carbocycles. The number of hydrogen-bond donors (Lipinski definition) is 2. The highest BCUT2D eigenvalue weighted by atomic mass is 31.2. The Morgan fingerprint density at radius 1 is 1.00 bits per heavy atom. The van der Waals surface area contributed by atoms with Crippen LogP contribution in [0, 0.1) is 0 Å². The lowest BCUT2D eigenvalue weighted by atomic mass is 10.6. The molecule has 0 saturated heterocycles. The number of hydrogen-bond acceptors (Lipinski definition) is 5. The Kier molecular flexibility index (Phi) is 8.52. The molecule has 0 aromatic heterocycles. The molecule has 0 atom stereocenters. The summed E-state index contributed by atoms with van der Waals surface area (Å²) < 4.78 is 13.1. The van der Waals surface area contributed by atoms with Crippen molar-refractivity contribution in [2.45, 2.75) is 13.8 Å². The first-order valence-corrected chi connectivity index (χ1v) is 7.29. The third-order valence-electron chi connectivity index (χ3n) is 1.97. The van der Waals surface area contributed by atoms with Crippen molar-refractivity contribution in [3.63, 3.8) is 0 Å². The molecule has 0 unspecified atom stereocenters. The molecule has 0 heterocycles. The smallest absolute Gasteiger partial charge is 0.345 e. The fourth-order valence-corrected chi connectivity index (χ4v) is 3.65. The number of rotatable bonds is 9. The monoisotopic (exact) mass is 240 g/mol. The molecule has 0 aliphatic heterocycles. The summed E-state index contributed by atoms with van der Waals surface area (Å²) in [5, 5.41) is 17.9. The first kappa shape index (κ1) is 15.2. The van der Waals surface area contributed by atoms with Crippen molar-refractivity contribution in [3.8, 4) is 0 Å². The Morgan fingerprint density at radius 2 is 1.40 bits per heavy atom. The van der Waals surface area contributed by atoms with Crippen LogP contribution in [0.1, 0.15) is 13.8 Å². The van der Waals surface area contributed by atoms with E-state index in [9.17, 15) is 0 Å². The molecule has 0 fully saturated rings. The Hall–Kier alpha value is 0.230. The van der Waals surface area contributed by atoms with Crippen LogP contribution in [0.15, 0.2) is 0 Å². The van der Waals surface area contributed by atoms with Crippen molar-refractivity contribution in [2.24, 2.45) is 0 Å². The molecule has 15 heavy (non-hydrogen) atoms. The maximum atomic E-state index is 8.95. The molecule has 5 nitrogen and oxygen atoms in total. The molecule has 0 amide bonds. The molecule has 0 radical (unpaired) electrons. The summed E-state index contributed by atoms with van der Waals surface area (Å²) in [6.45, 7) is 7.86. The van der Waals surface area contributed by atoms with E-state index in [4.69, 9.17) is 19.3 Å². The maximum Gasteiger partial charge on any atom is 0.345 e. The maximum absolute atomic E-state index is 8.95. The topological polar surface area (TPSA) is 62.2 Å². The van der Waals surface area contributed by atoms with Gasteiger partial charge in [0.2, 0.25) is 0 Å². The van der Waals surface area contributed by atoms with Crippen molar-refractivity contribution < 1.29 is 19.3 Å². The van der Waals surface area contributed by atoms with E-state index in [0.29, 0.717) is 26.3 Å². The number of nitrogens with zero attached hydrogens (tertiary/aromatic N) is 1. The summed E-state index contributed by atoms with van der Waals surface area (Å²) in [4.78, 5) is 0. The van der Waals surface area contributed by atoms with Crippen LogP contribution in [0.25, 0.3) is 0 Å². The highest BCUT2D eigenvalue weighted by Crippen LogP contribution is 2.60. The van der Waals surface area contributed by atoms with Gasteiger partial charge in [-0.3, -0.25) is 0 Å². The molecule has 0 bridgehead atoms. The lowest BCUT2D eigenvalue weighted by molar-refractivity contribution is 0.160. The SMILES string of the molecule is CCO[P+](C)(OCC)N(CCO)CCO. The van der Waals surface area contributed by atoms with Crippen LogP contribution in [0.3, 0.4) is 0 Å². The van der Waals surface area contributed by atoms with Gasteiger partial charge in [-0.05, 0) is 13.8 Å². The predicted molar refractivity (Wildman–Crippen MR) is 61.8 cm³/mol. The summed E-state index contributed by atoms with van der Waals surface area (Å²) in [5.41, 5.74) is 0. The molecule has 0 aromatic rings. The molecule has 0 aliphatic rings. The lowest BCUT2D eigenvalue weighted by Gasteiger charge is -2.29. The number of aliphatic hydroxyl groups is 2. The van der Waals surface area contributed by atoms with Gasteiger partial charge < -0.3 is 10.2 Å². The predicted octanol–water partition coefficient (Wildman–Crippen LogP) is 0.738. The Morgan fingerprint density at radius 3 is 1.67 bits per heavy atom. The zero-order valence-corrected chi connectivity index (χ0v) is 10.7. The van der Waals surface area contributed by atoms with E-state index in [-0.39, 0.29) is 13.2 Å². The van der Waals surface area contributed by atoms with E-state index in [2.05, 4.69) is 0 Å². The fourth-order valence-electron chi connectivity index (χ4n) is 1.39. The first-order valence-electron chi connectivity index (χ1n) is 5.27. The van der Waals surface area contributed by atoms with Gasteiger partial charge >= 0.3 is 7.87 Å². The largest absolute Gasteiger partial charge is 0.395 e. The minimum Gasteiger partial charge on any atom is -0.395 e. The minimum atomic E-state index is -2.10. The molecule has 0 rings (SSSR count). The quantitative estimate of drug-likeness (QED) is 0.582. The molecule has 0 saturated carbocycles. The van der Waals surface area contributed by atoms with Crippen molar-refractivity contribution in [1.82, 2.24) is 4.67 Å². The zero-order valence-electron chi connectivity index (χ0n) is 9.85. The van der Waals surface area contributed by atoms with Crippen LogP contribution >= 0.6 is 7.87 Å². The van der Waals surface area contributed by atoms with E-state index < -0.39 is 7.87 Å². The second kappa shape index (κ2) is 8.39. The van der Waals surface area contributed by atoms with E-state index >= 15 is 0 Å². The molecule has 0 spiro atoms. The normalized spacial score (nSPS) is 12.4. The highest BCUT2D eigenvalue weighted by molar-refractivity contribution is 7.63. The van der Waals surface area contributed by atoms with Crippen molar-refractivity contribution in [1.29, 1.82) is 0 Å². The van der Waals surface area contributed by atoms with Gasteiger partial charge in [0.05, 0.1) is 39.5 Å². The van der Waals surface area contributed by atoms with Crippen LogP contribution in [-0.4, -0.2) is 61.1 Å². The van der Waals surface area contributed by atoms with Crippen molar-refractivity contribution in [3.05, 3.63) is 0 Å². The fraction of sp³-hybridized carbons (Fsp3) is 1.00. The molecule has 0 aliphatic carbocycles. The lowest BCUT2D eigenvalue weighted by Crippen LogP contribution is -2.32. The summed E-state index contributed by atoms with van der Waals surface area (Å²) in [6, 6.07) is 0. The summed E-state index contributed by atoms with van der Waals surface area (Å²) in [6.07, 6.45) is 0. The van der Waals surface area contributed by atoms with Crippen LogP contribution in [0.2, 0.25) is 0 Å². The average Bonchev–Trinajstić information content (AvgIpc) is 2.18. The van der Waals surface area contributed by atoms with Gasteiger partial charge in [-0.15, -0.1) is 4.67 Å². The highest BCUT2D eigenvalue weighted by Gasteiger charge is 2.43. The average molecular weight is 240 g/mol. The van der Waals surface area contributed by atoms with E-state index in [1.807, 2.05) is 25.2 Å². The van der Waals surface area contributed by atoms with Crippen molar-refractivity contribution in [2.75, 3.05) is 46.2 Å². The summed E-state index contributed by atoms with van der Waals surface area (Å²) in [5.74, 6) is 0. The van der Waals surface area contributed by atoms with Crippen LogP contribution in [-0.2, 0) is 9.05 Å². The Labute approximate surface area is 92.5 Å². The van der Waals surface area contributed by atoms with Gasteiger partial charge in [0, 0.05) is 0 Å². The first-order chi connectivity index (χ1) is 7.14. The second-order valence-corrected chi connectivity index (χ2v) is 5.73. The van der Waals surface area contributed by atoms with Gasteiger partial charge in [0.25, 0.3) is 0 Å². The van der Waals surface area contributed by atoms with Crippen molar-refractivity contribution >= 4 is 7.87 Å². The van der Waals surface area contributed by atoms with Crippen LogP contribution in [0.5, 0.6) is 0 Å². The summed E-state index contributed by atoms with van der Waals surface area (Å²) in [7, 11) is -2.10. The van der Waals surface area contributed by atoms with Gasteiger partial charge in [-0.1, -0.05) is 0 Å². The van der Waals surface area contributed by atoms with Gasteiger partial charge in [-0.25, -0.2) is 0 Å². The third-order valence-corrected chi connectivity index (χ3v) is 4.87. The standard InChI is InChI=1S/C9H23NO4P/c1-4-13-15(3,14-5-2)10(6-8-11)7-9-12/h11-12H,4-9H2,1-3H3/q+1. The molecule has 92 valence electrons. The molecular formula is C9H23NO4P+. The minimum absolute atomic E-state index is 0.0374. The van der Waals surface area contributed by atoms with E-state index in [1.54, 1.807) is 0 Å². The zero-order chi connectivity index (χ0) is 11.7. The Balaban J connectivity index is 4.48. The number of aliphatic hydroxyl groups excluding tert-OH is 2. The van der Waals surface area contributed by atoms with Crippen LogP contribution < -0.4 is 0 Å². The second-order valence-electron chi connectivity index (χ2n) is 3.04. The third kappa shape index (κ3) is 5.20. The Bertz CT molecular complexity index is 147. The van der Waals surface area contributed by atoms with Gasteiger partial charge in [-0.2, -0.15) is 9.05 Å². The summed E-state index contributed by atoms with van der Waals surface area (Å²) >= 11 is 0. The van der Waals surface area contributed by atoms with Crippen LogP contribution in [0.4, 0.5) is 0 Å².